The first-order valence-electron chi connectivity index (χ1n) is 8.58. The molecular weight excluding hydrogens is 344 g/mol. The van der Waals surface area contributed by atoms with Crippen molar-refractivity contribution in [1.29, 1.82) is 0 Å². The topological polar surface area (TPSA) is 49.4 Å². The van der Waals surface area contributed by atoms with Gasteiger partial charge in [0, 0.05) is 47.8 Å². The molecule has 2 fully saturated rings. The minimum atomic E-state index is 0. The zero-order chi connectivity index (χ0) is 16.4. The Hall–Kier alpha value is -0.910. The van der Waals surface area contributed by atoms with Crippen LogP contribution < -0.4 is 5.32 Å². The highest BCUT2D eigenvalue weighted by Crippen LogP contribution is 2.37. The highest BCUT2D eigenvalue weighted by molar-refractivity contribution is 7.12. The Morgan fingerprint density at radius 2 is 1.92 bits per heavy atom. The molecule has 2 aliphatic rings. The molecule has 24 heavy (non-hydrogen) atoms. The molecule has 1 amide bonds. The number of ketones is 1. The van der Waals surface area contributed by atoms with Crippen LogP contribution in [0.1, 0.15) is 52.2 Å². The number of hydrogen-bond acceptors (Lipinski definition) is 4. The molecule has 0 aromatic carbocycles. The van der Waals surface area contributed by atoms with Crippen molar-refractivity contribution in [3.05, 3.63) is 21.4 Å². The number of piperidine rings is 1. The summed E-state index contributed by atoms with van der Waals surface area (Å²) in [5.74, 6) is 0.248. The van der Waals surface area contributed by atoms with Gasteiger partial charge in [0.1, 0.15) is 0 Å². The van der Waals surface area contributed by atoms with Crippen LogP contribution in [0, 0.1) is 19.3 Å². The second-order valence-corrected chi connectivity index (χ2v) is 8.52. The first-order chi connectivity index (χ1) is 11.0. The maximum absolute atomic E-state index is 12.4. The summed E-state index contributed by atoms with van der Waals surface area (Å²) < 4.78 is 0. The van der Waals surface area contributed by atoms with Gasteiger partial charge in [0.05, 0.1) is 0 Å². The summed E-state index contributed by atoms with van der Waals surface area (Å²) in [5, 5.41) is 3.45. The molecule has 0 saturated carbocycles. The molecule has 134 valence electrons. The maximum atomic E-state index is 12.4. The SMILES string of the molecule is Cc1cc(C(=O)CCC(=O)N2CCC3(CCNC3)CC2)c(C)s1.Cl. The van der Waals surface area contributed by atoms with Crippen LogP contribution in [0.4, 0.5) is 0 Å². The summed E-state index contributed by atoms with van der Waals surface area (Å²) in [7, 11) is 0. The number of nitrogens with zero attached hydrogens (tertiary/aromatic N) is 1. The Morgan fingerprint density at radius 1 is 1.21 bits per heavy atom. The van der Waals surface area contributed by atoms with Crippen molar-refractivity contribution in [2.75, 3.05) is 26.2 Å². The predicted octanol–water partition coefficient (Wildman–Crippen LogP) is 3.35. The number of aryl methyl sites for hydroxylation is 2. The molecule has 4 nitrogen and oxygen atoms in total. The van der Waals surface area contributed by atoms with Gasteiger partial charge in [-0.15, -0.1) is 23.7 Å². The van der Waals surface area contributed by atoms with E-state index >= 15 is 0 Å². The third-order valence-electron chi connectivity index (χ3n) is 5.42. The molecule has 0 aliphatic carbocycles. The Balaban J connectivity index is 0.00000208. The van der Waals surface area contributed by atoms with E-state index in [1.54, 1.807) is 11.3 Å². The average molecular weight is 371 g/mol. The molecule has 1 aromatic rings. The molecule has 1 aromatic heterocycles. The van der Waals surface area contributed by atoms with Crippen molar-refractivity contribution < 1.29 is 9.59 Å². The average Bonchev–Trinajstić information content (AvgIpc) is 3.12. The molecule has 2 aliphatic heterocycles. The van der Waals surface area contributed by atoms with E-state index < -0.39 is 0 Å². The van der Waals surface area contributed by atoms with Gasteiger partial charge in [0.25, 0.3) is 0 Å². The largest absolute Gasteiger partial charge is 0.343 e. The van der Waals surface area contributed by atoms with E-state index in [0.29, 0.717) is 18.3 Å². The van der Waals surface area contributed by atoms with Crippen LogP contribution in [-0.4, -0.2) is 42.8 Å². The van der Waals surface area contributed by atoms with E-state index in [4.69, 9.17) is 0 Å². The van der Waals surface area contributed by atoms with Gasteiger partial charge >= 0.3 is 0 Å². The summed E-state index contributed by atoms with van der Waals surface area (Å²) >= 11 is 1.65. The quantitative estimate of drug-likeness (QED) is 0.827. The van der Waals surface area contributed by atoms with Crippen LogP contribution in [0.25, 0.3) is 0 Å². The molecule has 3 rings (SSSR count). The Labute approximate surface area is 154 Å². The molecule has 0 bridgehead atoms. The Morgan fingerprint density at radius 3 is 2.46 bits per heavy atom. The van der Waals surface area contributed by atoms with Crippen molar-refractivity contribution >= 4 is 35.4 Å². The summed E-state index contributed by atoms with van der Waals surface area (Å²) in [4.78, 5) is 28.9. The van der Waals surface area contributed by atoms with E-state index in [-0.39, 0.29) is 24.1 Å². The first kappa shape index (κ1) is 19.4. The van der Waals surface area contributed by atoms with Crippen LogP contribution in [-0.2, 0) is 4.79 Å². The van der Waals surface area contributed by atoms with Gasteiger partial charge < -0.3 is 10.2 Å². The van der Waals surface area contributed by atoms with Crippen molar-refractivity contribution in [3.63, 3.8) is 0 Å². The Kier molecular flexibility index (Phi) is 6.46. The lowest BCUT2D eigenvalue weighted by Gasteiger charge is -2.38. The lowest BCUT2D eigenvalue weighted by molar-refractivity contribution is -0.133. The Bertz CT molecular complexity index is 598. The highest BCUT2D eigenvalue weighted by Gasteiger charge is 2.37. The fraction of sp³-hybridized carbons (Fsp3) is 0.667. The van der Waals surface area contributed by atoms with Crippen LogP contribution in [0.5, 0.6) is 0 Å². The minimum Gasteiger partial charge on any atom is -0.343 e. The van der Waals surface area contributed by atoms with Gasteiger partial charge in [-0.3, -0.25) is 9.59 Å². The van der Waals surface area contributed by atoms with E-state index in [9.17, 15) is 9.59 Å². The second-order valence-electron chi connectivity index (χ2n) is 7.06. The normalized spacial score (nSPS) is 19.3. The van der Waals surface area contributed by atoms with Crippen LogP contribution in [0.2, 0.25) is 0 Å². The van der Waals surface area contributed by atoms with Gasteiger partial charge in [-0.2, -0.15) is 0 Å². The molecule has 0 unspecified atom stereocenters. The summed E-state index contributed by atoms with van der Waals surface area (Å²) in [6, 6.07) is 1.95. The summed E-state index contributed by atoms with van der Waals surface area (Å²) in [6.45, 7) is 7.91. The smallest absolute Gasteiger partial charge is 0.223 e. The monoisotopic (exact) mass is 370 g/mol. The highest BCUT2D eigenvalue weighted by atomic mass is 35.5. The van der Waals surface area contributed by atoms with E-state index in [1.165, 1.54) is 6.42 Å². The summed E-state index contributed by atoms with van der Waals surface area (Å²) in [5.41, 5.74) is 1.23. The second kappa shape index (κ2) is 7.98. The number of Topliss-reactive ketones (excluding diaryl/α,β-unsaturated/α-hetero) is 1. The lowest BCUT2D eigenvalue weighted by Crippen LogP contribution is -2.44. The van der Waals surface area contributed by atoms with Crippen LogP contribution in [0.3, 0.4) is 0 Å². The lowest BCUT2D eigenvalue weighted by atomic mass is 9.78. The van der Waals surface area contributed by atoms with E-state index in [1.807, 2.05) is 24.8 Å². The van der Waals surface area contributed by atoms with Crippen molar-refractivity contribution in [2.24, 2.45) is 5.41 Å². The van der Waals surface area contributed by atoms with Crippen molar-refractivity contribution in [1.82, 2.24) is 10.2 Å². The molecular formula is C18H27ClN2O2S. The van der Waals surface area contributed by atoms with Gasteiger partial charge in [-0.1, -0.05) is 0 Å². The van der Waals surface area contributed by atoms with Crippen molar-refractivity contribution in [2.45, 2.75) is 46.0 Å². The van der Waals surface area contributed by atoms with E-state index in [0.717, 1.165) is 54.3 Å². The molecule has 0 radical (unpaired) electrons. The zero-order valence-electron chi connectivity index (χ0n) is 14.5. The minimum absolute atomic E-state index is 0. The third kappa shape index (κ3) is 4.19. The van der Waals surface area contributed by atoms with Gasteiger partial charge in [0.15, 0.2) is 5.78 Å². The number of thiophene rings is 1. The number of rotatable bonds is 4. The van der Waals surface area contributed by atoms with Gasteiger partial charge in [0.2, 0.25) is 5.91 Å². The standard InChI is InChI=1S/C18H26N2O2S.ClH/c1-13-11-15(14(2)23-13)16(21)3-4-17(22)20-9-6-18(7-10-20)5-8-19-12-18;/h11,19H,3-10,12H2,1-2H3;1H. The maximum Gasteiger partial charge on any atom is 0.223 e. The zero-order valence-corrected chi connectivity index (χ0v) is 16.2. The number of carbonyl (C=O) groups excluding carboxylic acids is 2. The van der Waals surface area contributed by atoms with Crippen LogP contribution in [0.15, 0.2) is 6.07 Å². The number of likely N-dealkylation sites (tertiary alicyclic amines) is 1. The molecule has 3 heterocycles. The van der Waals surface area contributed by atoms with Gasteiger partial charge in [-0.25, -0.2) is 0 Å². The number of nitrogens with one attached hydrogen (secondary N) is 1. The predicted molar refractivity (Wildman–Crippen MR) is 100 cm³/mol. The molecule has 6 heteroatoms. The number of carbonyl (C=O) groups is 2. The fourth-order valence-electron chi connectivity index (χ4n) is 3.87. The van der Waals surface area contributed by atoms with Gasteiger partial charge in [-0.05, 0) is 51.1 Å². The first-order valence-corrected chi connectivity index (χ1v) is 9.39. The number of amides is 1. The molecule has 1 spiro atoms. The molecule has 0 atom stereocenters. The number of halogens is 1. The van der Waals surface area contributed by atoms with E-state index in [2.05, 4.69) is 5.32 Å². The third-order valence-corrected chi connectivity index (χ3v) is 6.38. The fourth-order valence-corrected chi connectivity index (χ4v) is 4.82. The van der Waals surface area contributed by atoms with Crippen molar-refractivity contribution in [3.8, 4) is 0 Å². The molecule has 1 N–H and O–H groups in total. The molecule has 2 saturated heterocycles. The summed E-state index contributed by atoms with van der Waals surface area (Å²) in [6.07, 6.45) is 4.12. The number of hydrogen-bond donors (Lipinski definition) is 1. The van der Waals surface area contributed by atoms with Crippen LogP contribution >= 0.6 is 23.7 Å².